The average molecular weight is 524 g/mol. The highest BCUT2D eigenvalue weighted by Crippen LogP contribution is 2.06. The van der Waals surface area contributed by atoms with Gasteiger partial charge in [0.2, 0.25) is 17.7 Å². The molecule has 16 heteroatoms. The fourth-order valence-electron chi connectivity index (χ4n) is 2.57. The second kappa shape index (κ2) is 16.8. The molecule has 0 aromatic heterocycles. The van der Waals surface area contributed by atoms with Crippen molar-refractivity contribution in [3.63, 3.8) is 0 Å². The molecule has 0 saturated heterocycles. The lowest BCUT2D eigenvalue weighted by Crippen LogP contribution is -2.57. The molecule has 0 heterocycles. The van der Waals surface area contributed by atoms with Crippen LogP contribution in [-0.2, 0) is 24.0 Å². The molecule has 0 radical (unpaired) electrons. The molecule has 0 aliphatic heterocycles. The molecule has 0 aliphatic carbocycles. The van der Waals surface area contributed by atoms with Crippen LogP contribution < -0.4 is 33.2 Å². The zero-order valence-electron chi connectivity index (χ0n) is 18.7. The van der Waals surface area contributed by atoms with Crippen molar-refractivity contribution in [3.8, 4) is 0 Å². The summed E-state index contributed by atoms with van der Waals surface area (Å²) in [4.78, 5) is 63.6. The van der Waals surface area contributed by atoms with Gasteiger partial charge in [-0.25, -0.2) is 4.79 Å². The van der Waals surface area contributed by atoms with Gasteiger partial charge in [-0.1, -0.05) is 0 Å². The van der Waals surface area contributed by atoms with Crippen LogP contribution >= 0.6 is 24.4 Å². The molecular weight excluding hydrogens is 490 g/mol. The number of nitrogens with two attached hydrogens (primary N) is 3. The Labute approximate surface area is 206 Å². The first-order valence-corrected chi connectivity index (χ1v) is 12.2. The van der Waals surface area contributed by atoms with E-state index in [1.165, 1.54) is 11.8 Å². The summed E-state index contributed by atoms with van der Waals surface area (Å²) in [5.74, 6) is -4.73. The number of carboxylic acids is 2. The molecule has 0 rings (SSSR count). The van der Waals surface area contributed by atoms with Crippen molar-refractivity contribution in [2.24, 2.45) is 22.2 Å². The van der Waals surface area contributed by atoms with Gasteiger partial charge >= 0.3 is 11.9 Å². The Kier molecular flexibility index (Phi) is 15.5. The van der Waals surface area contributed by atoms with Gasteiger partial charge in [0.25, 0.3) is 0 Å². The van der Waals surface area contributed by atoms with Gasteiger partial charge in [0, 0.05) is 12.3 Å². The number of carbonyl (C=O) groups is 5. The third-order valence-electron chi connectivity index (χ3n) is 4.35. The number of hydrogen-bond acceptors (Lipinski definition) is 9. The number of amides is 3. The molecule has 0 aromatic rings. The molecule has 4 unspecified atom stereocenters. The number of nitrogens with zero attached hydrogens (tertiary/aromatic N) is 1. The summed E-state index contributed by atoms with van der Waals surface area (Å²) in [5.41, 5.74) is 16.1. The van der Waals surface area contributed by atoms with E-state index >= 15 is 0 Å². The fraction of sp³-hybridized carbons (Fsp3) is 0.667. The normalized spacial score (nSPS) is 14.1. The van der Waals surface area contributed by atoms with E-state index in [1.54, 1.807) is 6.26 Å². The average Bonchev–Trinajstić information content (AvgIpc) is 2.75. The summed E-state index contributed by atoms with van der Waals surface area (Å²) in [5, 5.41) is 25.2. The predicted molar refractivity (Wildman–Crippen MR) is 130 cm³/mol. The van der Waals surface area contributed by atoms with Crippen molar-refractivity contribution in [1.82, 2.24) is 16.0 Å². The minimum Gasteiger partial charge on any atom is -0.481 e. The van der Waals surface area contributed by atoms with Gasteiger partial charge < -0.3 is 43.4 Å². The SMILES string of the molecule is CSCCC(NC(=O)C(CCCN=C(N)N)NC(=O)C(N)CC(=O)O)C(=O)NC(CS)C(=O)O. The first-order chi connectivity index (χ1) is 15.9. The minimum atomic E-state index is -1.40. The minimum absolute atomic E-state index is 0.0550. The number of nitrogens with one attached hydrogen (secondary N) is 3. The van der Waals surface area contributed by atoms with Crippen LogP contribution in [-0.4, -0.2) is 94.3 Å². The first kappa shape index (κ1) is 31.3. The van der Waals surface area contributed by atoms with Gasteiger partial charge in [-0.2, -0.15) is 24.4 Å². The molecule has 0 bridgehead atoms. The zero-order valence-corrected chi connectivity index (χ0v) is 20.4. The van der Waals surface area contributed by atoms with Crippen LogP contribution in [0.1, 0.15) is 25.7 Å². The number of hydrogen-bond donors (Lipinski definition) is 9. The van der Waals surface area contributed by atoms with Crippen molar-refractivity contribution in [1.29, 1.82) is 0 Å². The summed E-state index contributed by atoms with van der Waals surface area (Å²) in [6.07, 6.45) is 1.66. The van der Waals surface area contributed by atoms with E-state index in [2.05, 4.69) is 33.6 Å². The Morgan fingerprint density at radius 2 is 1.47 bits per heavy atom. The highest BCUT2D eigenvalue weighted by Gasteiger charge is 2.30. The molecule has 3 amide bonds. The standard InChI is InChI=1S/C18H33N7O7S2/c1-34-6-4-11(16(30)25-12(8-33)17(31)32)24-15(29)10(3-2-5-22-18(20)21)23-14(28)9(19)7-13(26)27/h9-12,33H,2-8,19H2,1H3,(H,23,28)(H,24,29)(H,25,30)(H,26,27)(H,31,32)(H4,20,21,22). The largest absolute Gasteiger partial charge is 0.481 e. The number of carboxylic acid groups (broad SMARTS) is 2. The number of thiol groups is 1. The topological polar surface area (TPSA) is 252 Å². The van der Waals surface area contributed by atoms with Crippen LogP contribution in [0, 0.1) is 0 Å². The van der Waals surface area contributed by atoms with E-state index in [9.17, 15) is 24.0 Å². The Hall–Kier alpha value is -2.72. The maximum Gasteiger partial charge on any atom is 0.327 e. The number of aliphatic imine (C=N–C) groups is 1. The van der Waals surface area contributed by atoms with Crippen LogP contribution in [0.15, 0.2) is 4.99 Å². The van der Waals surface area contributed by atoms with Crippen molar-refractivity contribution in [2.45, 2.75) is 49.9 Å². The van der Waals surface area contributed by atoms with E-state index in [4.69, 9.17) is 27.4 Å². The van der Waals surface area contributed by atoms with E-state index in [0.717, 1.165) is 0 Å². The summed E-state index contributed by atoms with van der Waals surface area (Å²) in [6, 6.07) is -4.92. The van der Waals surface area contributed by atoms with E-state index < -0.39 is 60.2 Å². The predicted octanol–water partition coefficient (Wildman–Crippen LogP) is -2.94. The summed E-state index contributed by atoms with van der Waals surface area (Å²) < 4.78 is 0. The van der Waals surface area contributed by atoms with E-state index in [0.29, 0.717) is 5.75 Å². The number of aliphatic carboxylic acids is 2. The Balaban J connectivity index is 5.49. The van der Waals surface area contributed by atoms with E-state index in [-0.39, 0.29) is 37.5 Å². The van der Waals surface area contributed by atoms with Crippen LogP contribution in [0.4, 0.5) is 0 Å². The number of guanidine groups is 1. The Morgan fingerprint density at radius 3 is 1.94 bits per heavy atom. The van der Waals surface area contributed by atoms with Crippen molar-refractivity contribution in [2.75, 3.05) is 24.3 Å². The summed E-state index contributed by atoms with van der Waals surface area (Å²) >= 11 is 5.31. The van der Waals surface area contributed by atoms with Crippen molar-refractivity contribution >= 4 is 60.0 Å². The molecule has 4 atom stereocenters. The van der Waals surface area contributed by atoms with Crippen LogP contribution in [0.25, 0.3) is 0 Å². The lowest BCUT2D eigenvalue weighted by molar-refractivity contribution is -0.141. The van der Waals surface area contributed by atoms with Gasteiger partial charge in [-0.15, -0.1) is 0 Å². The zero-order chi connectivity index (χ0) is 26.3. The molecular formula is C18H33N7O7S2. The number of carbonyl (C=O) groups excluding carboxylic acids is 3. The van der Waals surface area contributed by atoms with E-state index in [1.807, 2.05) is 0 Å². The summed E-state index contributed by atoms with van der Waals surface area (Å²) in [7, 11) is 0. The quantitative estimate of drug-likeness (QED) is 0.0403. The molecule has 14 nitrogen and oxygen atoms in total. The summed E-state index contributed by atoms with van der Waals surface area (Å²) in [6.45, 7) is 0.155. The van der Waals surface area contributed by atoms with Gasteiger partial charge in [0.05, 0.1) is 12.5 Å². The molecule has 0 saturated carbocycles. The molecule has 11 N–H and O–H groups in total. The maximum atomic E-state index is 12.9. The molecule has 0 aromatic carbocycles. The third kappa shape index (κ3) is 13.1. The van der Waals surface area contributed by atoms with Gasteiger partial charge in [0.15, 0.2) is 5.96 Å². The lowest BCUT2D eigenvalue weighted by Gasteiger charge is -2.24. The molecule has 34 heavy (non-hydrogen) atoms. The number of thioether (sulfide) groups is 1. The highest BCUT2D eigenvalue weighted by atomic mass is 32.2. The molecule has 0 aliphatic rings. The lowest BCUT2D eigenvalue weighted by atomic mass is 10.1. The van der Waals surface area contributed by atoms with Crippen LogP contribution in [0.5, 0.6) is 0 Å². The smallest absolute Gasteiger partial charge is 0.327 e. The molecule has 0 spiro atoms. The second-order valence-electron chi connectivity index (χ2n) is 7.14. The van der Waals surface area contributed by atoms with Crippen LogP contribution in [0.2, 0.25) is 0 Å². The molecule has 0 fully saturated rings. The maximum absolute atomic E-state index is 12.9. The monoisotopic (exact) mass is 523 g/mol. The third-order valence-corrected chi connectivity index (χ3v) is 5.36. The van der Waals surface area contributed by atoms with Gasteiger partial charge in [-0.05, 0) is 31.3 Å². The first-order valence-electron chi connectivity index (χ1n) is 10.2. The second-order valence-corrected chi connectivity index (χ2v) is 8.49. The van der Waals surface area contributed by atoms with Gasteiger partial charge in [0.1, 0.15) is 18.1 Å². The highest BCUT2D eigenvalue weighted by molar-refractivity contribution is 7.98. The van der Waals surface area contributed by atoms with Crippen molar-refractivity contribution < 1.29 is 34.2 Å². The van der Waals surface area contributed by atoms with Crippen LogP contribution in [0.3, 0.4) is 0 Å². The Morgan fingerprint density at radius 1 is 0.941 bits per heavy atom. The number of rotatable bonds is 17. The van der Waals surface area contributed by atoms with Gasteiger partial charge in [-0.3, -0.25) is 24.2 Å². The fourth-order valence-corrected chi connectivity index (χ4v) is 3.29. The van der Waals surface area contributed by atoms with Crippen molar-refractivity contribution in [3.05, 3.63) is 0 Å². The Bertz CT molecular complexity index is 750. The molecule has 194 valence electrons.